The quantitative estimate of drug-likeness (QED) is 0.817. The third-order valence-corrected chi connectivity index (χ3v) is 4.73. The van der Waals surface area contributed by atoms with E-state index in [1.54, 1.807) is 0 Å². The third-order valence-electron chi connectivity index (χ3n) is 4.73. The van der Waals surface area contributed by atoms with Gasteiger partial charge in [0.05, 0.1) is 11.5 Å². The van der Waals surface area contributed by atoms with Crippen molar-refractivity contribution >= 4 is 5.97 Å². The summed E-state index contributed by atoms with van der Waals surface area (Å²) in [7, 11) is 0. The van der Waals surface area contributed by atoms with E-state index in [2.05, 4.69) is 4.90 Å². The van der Waals surface area contributed by atoms with Crippen molar-refractivity contribution in [2.24, 2.45) is 5.41 Å². The van der Waals surface area contributed by atoms with Gasteiger partial charge in [-0.15, -0.1) is 0 Å². The van der Waals surface area contributed by atoms with E-state index in [0.29, 0.717) is 12.1 Å². The van der Waals surface area contributed by atoms with Crippen LogP contribution in [-0.2, 0) is 9.53 Å². The van der Waals surface area contributed by atoms with E-state index in [0.717, 1.165) is 51.8 Å². The van der Waals surface area contributed by atoms with E-state index < -0.39 is 11.4 Å². The van der Waals surface area contributed by atoms with E-state index in [1.807, 2.05) is 13.8 Å². The van der Waals surface area contributed by atoms with E-state index in [4.69, 9.17) is 4.74 Å². The third kappa shape index (κ3) is 2.54. The Morgan fingerprint density at radius 3 is 2.72 bits per heavy atom. The molecule has 0 aromatic carbocycles. The maximum Gasteiger partial charge on any atom is 0.310 e. The van der Waals surface area contributed by atoms with Crippen LogP contribution in [0, 0.1) is 5.41 Å². The molecular weight excluding hydrogens is 230 g/mol. The van der Waals surface area contributed by atoms with Crippen molar-refractivity contribution in [1.29, 1.82) is 0 Å². The lowest BCUT2D eigenvalue weighted by Crippen LogP contribution is -2.56. The van der Waals surface area contributed by atoms with Gasteiger partial charge in [-0.2, -0.15) is 0 Å². The van der Waals surface area contributed by atoms with Gasteiger partial charge in [-0.1, -0.05) is 6.92 Å². The van der Waals surface area contributed by atoms with Gasteiger partial charge in [0.2, 0.25) is 0 Å². The predicted molar refractivity (Wildman–Crippen MR) is 69.6 cm³/mol. The number of rotatable bonds is 5. The van der Waals surface area contributed by atoms with Crippen molar-refractivity contribution in [1.82, 2.24) is 4.90 Å². The van der Waals surface area contributed by atoms with Gasteiger partial charge >= 0.3 is 5.97 Å². The van der Waals surface area contributed by atoms with Gasteiger partial charge in [0.25, 0.3) is 0 Å². The Kier molecular flexibility index (Phi) is 4.28. The highest BCUT2D eigenvalue weighted by Gasteiger charge is 2.44. The number of hydrogen-bond acceptors (Lipinski definition) is 3. The molecule has 2 fully saturated rings. The molecule has 1 unspecified atom stereocenters. The first-order valence-electron chi connectivity index (χ1n) is 7.20. The zero-order chi connectivity index (χ0) is 13.2. The van der Waals surface area contributed by atoms with Crippen LogP contribution in [0.5, 0.6) is 0 Å². The Morgan fingerprint density at radius 2 is 2.17 bits per heavy atom. The van der Waals surface area contributed by atoms with Crippen LogP contribution in [0.15, 0.2) is 0 Å². The normalized spacial score (nSPS) is 37.2. The molecule has 1 N–H and O–H groups in total. The van der Waals surface area contributed by atoms with Crippen LogP contribution in [0.25, 0.3) is 0 Å². The Hall–Kier alpha value is -0.610. The largest absolute Gasteiger partial charge is 0.481 e. The smallest absolute Gasteiger partial charge is 0.310 e. The van der Waals surface area contributed by atoms with Crippen LogP contribution in [0.1, 0.15) is 46.0 Å². The standard InChI is InChI=1S/C14H25NO3/c1-3-14(13(16)17)6-5-7-15(10-14)11-8-12(9-11)18-4-2/h11-12H,3-10H2,1-2H3,(H,16,17). The number of aliphatic carboxylic acids is 1. The van der Waals surface area contributed by atoms with Gasteiger partial charge in [-0.25, -0.2) is 0 Å². The molecule has 104 valence electrons. The fourth-order valence-corrected chi connectivity index (χ4v) is 3.30. The fraction of sp³-hybridized carbons (Fsp3) is 0.929. The molecule has 1 aliphatic carbocycles. The van der Waals surface area contributed by atoms with Crippen LogP contribution >= 0.6 is 0 Å². The zero-order valence-corrected chi connectivity index (χ0v) is 11.5. The predicted octanol–water partition coefficient (Wildman–Crippen LogP) is 2.13. The summed E-state index contributed by atoms with van der Waals surface area (Å²) in [5, 5.41) is 9.46. The number of nitrogens with zero attached hydrogens (tertiary/aromatic N) is 1. The maximum atomic E-state index is 11.5. The highest BCUT2D eigenvalue weighted by molar-refractivity contribution is 5.75. The van der Waals surface area contributed by atoms with Crippen molar-refractivity contribution in [3.05, 3.63) is 0 Å². The summed E-state index contributed by atoms with van der Waals surface area (Å²) in [4.78, 5) is 13.9. The number of carbonyl (C=O) groups is 1. The number of carboxylic acid groups (broad SMARTS) is 1. The molecule has 0 spiro atoms. The molecule has 4 nitrogen and oxygen atoms in total. The fourth-order valence-electron chi connectivity index (χ4n) is 3.30. The molecule has 1 atom stereocenters. The van der Waals surface area contributed by atoms with Crippen LogP contribution in [0.2, 0.25) is 0 Å². The summed E-state index contributed by atoms with van der Waals surface area (Å²) >= 11 is 0. The summed E-state index contributed by atoms with van der Waals surface area (Å²) in [5.41, 5.74) is -0.505. The lowest BCUT2D eigenvalue weighted by molar-refractivity contribution is -0.155. The van der Waals surface area contributed by atoms with Crippen molar-refractivity contribution in [3.63, 3.8) is 0 Å². The Balaban J connectivity index is 1.90. The summed E-state index contributed by atoms with van der Waals surface area (Å²) in [6.45, 7) is 6.59. The molecule has 2 aliphatic rings. The van der Waals surface area contributed by atoms with Crippen molar-refractivity contribution in [2.45, 2.75) is 58.1 Å². The van der Waals surface area contributed by atoms with E-state index in [1.165, 1.54) is 0 Å². The average Bonchev–Trinajstić information content (AvgIpc) is 2.33. The highest BCUT2D eigenvalue weighted by Crippen LogP contribution is 2.38. The average molecular weight is 255 g/mol. The number of likely N-dealkylation sites (tertiary alicyclic amines) is 1. The van der Waals surface area contributed by atoms with E-state index in [-0.39, 0.29) is 0 Å². The Morgan fingerprint density at radius 1 is 1.44 bits per heavy atom. The summed E-state index contributed by atoms with van der Waals surface area (Å²) in [6, 6.07) is 0.548. The minimum atomic E-state index is -0.615. The molecular formula is C14H25NO3. The Labute approximate surface area is 109 Å². The second kappa shape index (κ2) is 5.57. The van der Waals surface area contributed by atoms with Crippen molar-refractivity contribution < 1.29 is 14.6 Å². The highest BCUT2D eigenvalue weighted by atomic mass is 16.5. The van der Waals surface area contributed by atoms with E-state index in [9.17, 15) is 9.90 Å². The van der Waals surface area contributed by atoms with Crippen LogP contribution in [0.4, 0.5) is 0 Å². The minimum Gasteiger partial charge on any atom is -0.481 e. The summed E-state index contributed by atoms with van der Waals surface area (Å²) in [6.07, 6.45) is 5.14. The molecule has 4 heteroatoms. The maximum absolute atomic E-state index is 11.5. The van der Waals surface area contributed by atoms with Gasteiger partial charge in [0.1, 0.15) is 0 Å². The number of ether oxygens (including phenoxy) is 1. The molecule has 2 rings (SSSR count). The molecule has 0 amide bonds. The molecule has 0 radical (unpaired) electrons. The summed E-state index contributed by atoms with van der Waals surface area (Å²) in [5.74, 6) is -0.615. The first-order chi connectivity index (χ1) is 8.61. The topological polar surface area (TPSA) is 49.8 Å². The second-order valence-electron chi connectivity index (χ2n) is 5.72. The number of hydrogen-bond donors (Lipinski definition) is 1. The van der Waals surface area contributed by atoms with Gasteiger partial charge in [-0.3, -0.25) is 9.69 Å². The SMILES string of the molecule is CCOC1CC(N2CCCC(CC)(C(=O)O)C2)C1. The van der Waals surface area contributed by atoms with Gasteiger partial charge in [0.15, 0.2) is 0 Å². The van der Waals surface area contributed by atoms with Crippen molar-refractivity contribution in [3.8, 4) is 0 Å². The minimum absolute atomic E-state index is 0.405. The molecule has 1 aliphatic heterocycles. The molecule has 1 heterocycles. The van der Waals surface area contributed by atoms with E-state index >= 15 is 0 Å². The molecule has 0 aromatic heterocycles. The molecule has 0 bridgehead atoms. The lowest BCUT2D eigenvalue weighted by Gasteiger charge is -2.48. The molecule has 1 saturated carbocycles. The zero-order valence-electron chi connectivity index (χ0n) is 11.5. The molecule has 18 heavy (non-hydrogen) atoms. The number of piperidine rings is 1. The van der Waals surface area contributed by atoms with Gasteiger partial charge in [0, 0.05) is 19.2 Å². The van der Waals surface area contributed by atoms with Gasteiger partial charge < -0.3 is 9.84 Å². The monoisotopic (exact) mass is 255 g/mol. The molecule has 0 aromatic rings. The first kappa shape index (κ1) is 13.8. The molecule has 1 saturated heterocycles. The lowest BCUT2D eigenvalue weighted by atomic mass is 9.75. The van der Waals surface area contributed by atoms with Crippen LogP contribution in [0.3, 0.4) is 0 Å². The van der Waals surface area contributed by atoms with Gasteiger partial charge in [-0.05, 0) is 45.6 Å². The number of carboxylic acids is 1. The van der Waals surface area contributed by atoms with Crippen LogP contribution in [-0.4, -0.2) is 47.8 Å². The Bertz CT molecular complexity index is 301. The summed E-state index contributed by atoms with van der Waals surface area (Å²) < 4.78 is 5.58. The van der Waals surface area contributed by atoms with Crippen molar-refractivity contribution in [2.75, 3.05) is 19.7 Å². The first-order valence-corrected chi connectivity index (χ1v) is 7.20. The van der Waals surface area contributed by atoms with Crippen LogP contribution < -0.4 is 0 Å². The second-order valence-corrected chi connectivity index (χ2v) is 5.72.